The molecule has 0 bridgehead atoms. The molecule has 0 fully saturated rings. The maximum absolute atomic E-state index is 11.3. The van der Waals surface area contributed by atoms with Crippen LogP contribution in [0.25, 0.3) is 0 Å². The summed E-state index contributed by atoms with van der Waals surface area (Å²) >= 11 is 0. The Morgan fingerprint density at radius 3 is 2.17 bits per heavy atom. The van der Waals surface area contributed by atoms with Crippen molar-refractivity contribution in [1.29, 1.82) is 0 Å². The van der Waals surface area contributed by atoms with Gasteiger partial charge in [-0.1, -0.05) is 62.6 Å². The highest BCUT2D eigenvalue weighted by atomic mass is 16.5. The van der Waals surface area contributed by atoms with E-state index in [1.807, 2.05) is 0 Å². The first-order chi connectivity index (χ1) is 11.2. The summed E-state index contributed by atoms with van der Waals surface area (Å²) < 4.78 is 4.89. The number of hydrogen-bond acceptors (Lipinski definition) is 3. The molecular weight excluding hydrogens is 286 g/mol. The molecule has 0 radical (unpaired) electrons. The number of ether oxygens (including phenoxy) is 1. The molecule has 0 rings (SSSR count). The van der Waals surface area contributed by atoms with E-state index >= 15 is 0 Å². The van der Waals surface area contributed by atoms with E-state index in [2.05, 4.69) is 43.4 Å². The Morgan fingerprint density at radius 2 is 1.52 bits per heavy atom. The second kappa shape index (κ2) is 17.0. The molecule has 1 atom stereocenters. The van der Waals surface area contributed by atoms with Crippen molar-refractivity contribution in [2.45, 2.75) is 77.7 Å². The number of nitrogens with two attached hydrogens (primary N) is 1. The average molecular weight is 322 g/mol. The smallest absolute Gasteiger partial charge is 0.322 e. The van der Waals surface area contributed by atoms with Crippen LogP contribution in [0.5, 0.6) is 0 Å². The van der Waals surface area contributed by atoms with E-state index in [-0.39, 0.29) is 5.97 Å². The molecule has 3 heteroatoms. The van der Waals surface area contributed by atoms with Gasteiger partial charge in [0.1, 0.15) is 6.04 Å². The fourth-order valence-electron chi connectivity index (χ4n) is 2.17. The van der Waals surface area contributed by atoms with E-state index < -0.39 is 6.04 Å². The fourth-order valence-corrected chi connectivity index (χ4v) is 2.17. The van der Waals surface area contributed by atoms with Crippen LogP contribution in [0.2, 0.25) is 0 Å². The summed E-state index contributed by atoms with van der Waals surface area (Å²) in [5.41, 5.74) is 5.75. The molecule has 0 heterocycles. The molecule has 0 saturated heterocycles. The van der Waals surface area contributed by atoms with E-state index in [4.69, 9.17) is 10.5 Å². The second-order valence-electron chi connectivity index (χ2n) is 5.64. The lowest BCUT2D eigenvalue weighted by Crippen LogP contribution is -2.32. The van der Waals surface area contributed by atoms with Crippen LogP contribution in [0.1, 0.15) is 71.6 Å². The third kappa shape index (κ3) is 15.3. The minimum Gasteiger partial charge on any atom is -0.465 e. The Kier molecular flexibility index (Phi) is 16.0. The van der Waals surface area contributed by atoms with Crippen LogP contribution in [0.4, 0.5) is 0 Å². The van der Waals surface area contributed by atoms with E-state index in [0.29, 0.717) is 6.61 Å². The molecule has 132 valence electrons. The van der Waals surface area contributed by atoms with Gasteiger partial charge >= 0.3 is 5.97 Å². The lowest BCUT2D eigenvalue weighted by atomic mass is 10.1. The summed E-state index contributed by atoms with van der Waals surface area (Å²) in [4.78, 5) is 11.3. The van der Waals surface area contributed by atoms with Gasteiger partial charge in [-0.3, -0.25) is 4.79 Å². The van der Waals surface area contributed by atoms with Gasteiger partial charge in [0.05, 0.1) is 6.61 Å². The molecule has 0 aliphatic heterocycles. The quantitative estimate of drug-likeness (QED) is 0.276. The Hall–Kier alpha value is -1.35. The van der Waals surface area contributed by atoms with Crippen LogP contribution in [0, 0.1) is 0 Å². The first-order valence-electron chi connectivity index (χ1n) is 9.09. The highest BCUT2D eigenvalue weighted by Gasteiger charge is 2.13. The number of carbonyl (C=O) groups is 1. The van der Waals surface area contributed by atoms with Gasteiger partial charge in [-0.05, 0) is 45.4 Å². The van der Waals surface area contributed by atoms with Crippen molar-refractivity contribution in [2.75, 3.05) is 6.61 Å². The molecule has 0 aliphatic carbocycles. The number of esters is 1. The molecular formula is C20H35NO2. The molecule has 0 spiro atoms. The fraction of sp³-hybridized carbons (Fsp3) is 0.650. The summed E-state index contributed by atoms with van der Waals surface area (Å²) in [7, 11) is 0. The van der Waals surface area contributed by atoms with Gasteiger partial charge in [0.2, 0.25) is 0 Å². The van der Waals surface area contributed by atoms with Crippen molar-refractivity contribution in [2.24, 2.45) is 5.73 Å². The lowest BCUT2D eigenvalue weighted by Gasteiger charge is -2.09. The number of allylic oxidation sites excluding steroid dienone is 6. The predicted octanol–water partition coefficient (Wildman–Crippen LogP) is 5.08. The van der Waals surface area contributed by atoms with E-state index in [0.717, 1.165) is 44.9 Å². The van der Waals surface area contributed by atoms with Crippen LogP contribution >= 0.6 is 0 Å². The molecule has 0 aromatic carbocycles. The zero-order valence-corrected chi connectivity index (χ0v) is 15.0. The zero-order chi connectivity index (χ0) is 17.2. The number of hydrogen-bond donors (Lipinski definition) is 1. The molecule has 1 unspecified atom stereocenters. The van der Waals surface area contributed by atoms with Crippen LogP contribution in [0.15, 0.2) is 36.5 Å². The summed E-state index contributed by atoms with van der Waals surface area (Å²) in [6.45, 7) is 4.36. The maximum Gasteiger partial charge on any atom is 0.322 e. The molecule has 0 aromatic heterocycles. The Labute approximate surface area is 142 Å². The largest absolute Gasteiger partial charge is 0.465 e. The number of unbranched alkanes of at least 4 members (excludes halogenated alkanes) is 4. The van der Waals surface area contributed by atoms with E-state index in [1.165, 1.54) is 12.8 Å². The highest BCUT2D eigenvalue weighted by molar-refractivity contribution is 5.75. The van der Waals surface area contributed by atoms with Crippen molar-refractivity contribution in [1.82, 2.24) is 0 Å². The first kappa shape index (κ1) is 21.6. The normalized spacial score (nSPS) is 13.3. The molecule has 23 heavy (non-hydrogen) atoms. The third-order valence-corrected chi connectivity index (χ3v) is 3.51. The molecule has 2 N–H and O–H groups in total. The van der Waals surface area contributed by atoms with Gasteiger partial charge in [-0.15, -0.1) is 0 Å². The Morgan fingerprint density at radius 1 is 0.913 bits per heavy atom. The summed E-state index contributed by atoms with van der Waals surface area (Å²) in [5.74, 6) is -0.270. The van der Waals surface area contributed by atoms with Crippen molar-refractivity contribution < 1.29 is 9.53 Å². The van der Waals surface area contributed by atoms with Crippen molar-refractivity contribution in [3.05, 3.63) is 36.5 Å². The molecule has 3 nitrogen and oxygen atoms in total. The predicted molar refractivity (Wildman–Crippen MR) is 99.3 cm³/mol. The van der Waals surface area contributed by atoms with Crippen LogP contribution in [0.3, 0.4) is 0 Å². The van der Waals surface area contributed by atoms with E-state index in [9.17, 15) is 4.79 Å². The third-order valence-electron chi connectivity index (χ3n) is 3.51. The van der Waals surface area contributed by atoms with Crippen molar-refractivity contribution in [3.8, 4) is 0 Å². The first-order valence-corrected chi connectivity index (χ1v) is 9.09. The summed E-state index contributed by atoms with van der Waals surface area (Å²) in [6.07, 6.45) is 22.9. The summed E-state index contributed by atoms with van der Waals surface area (Å²) in [5, 5.41) is 0. The van der Waals surface area contributed by atoms with Gasteiger partial charge in [0.25, 0.3) is 0 Å². The summed E-state index contributed by atoms with van der Waals surface area (Å²) in [6, 6.07) is -0.450. The molecule has 0 saturated carbocycles. The van der Waals surface area contributed by atoms with E-state index in [1.54, 1.807) is 6.92 Å². The maximum atomic E-state index is 11.3. The number of rotatable bonds is 14. The van der Waals surface area contributed by atoms with Gasteiger partial charge in [0.15, 0.2) is 0 Å². The number of carbonyl (C=O) groups excluding carboxylic acids is 1. The van der Waals surface area contributed by atoms with Gasteiger partial charge in [0, 0.05) is 0 Å². The van der Waals surface area contributed by atoms with Gasteiger partial charge in [-0.2, -0.15) is 0 Å². The Balaban J connectivity index is 3.40. The standard InChI is InChI=1S/C20H35NO2/c1-3-5-6-7-8-9-10-11-12-13-14-15-16-17-18-19(21)20(22)23-4-2/h5-6,8-9,11-12,19H,3-4,7,10,13-18,21H2,1-2H3/b6-5-,9-8-,12-11-. The zero-order valence-electron chi connectivity index (χ0n) is 15.0. The second-order valence-corrected chi connectivity index (χ2v) is 5.64. The minimum absolute atomic E-state index is 0.270. The van der Waals surface area contributed by atoms with Crippen molar-refractivity contribution >= 4 is 5.97 Å². The molecule has 0 amide bonds. The van der Waals surface area contributed by atoms with Crippen LogP contribution in [-0.2, 0) is 9.53 Å². The Bertz CT molecular complexity index is 359. The SMILES string of the molecule is CC/C=C\C/C=C\C/C=C\CCCCCCC(N)C(=O)OCC. The molecule has 0 aliphatic rings. The molecule has 0 aromatic rings. The monoisotopic (exact) mass is 321 g/mol. The van der Waals surface area contributed by atoms with Gasteiger partial charge < -0.3 is 10.5 Å². The van der Waals surface area contributed by atoms with Crippen LogP contribution < -0.4 is 5.73 Å². The average Bonchev–Trinajstić information content (AvgIpc) is 2.55. The minimum atomic E-state index is -0.450. The van der Waals surface area contributed by atoms with Gasteiger partial charge in [-0.25, -0.2) is 0 Å². The topological polar surface area (TPSA) is 52.3 Å². The highest BCUT2D eigenvalue weighted by Crippen LogP contribution is 2.08. The van der Waals surface area contributed by atoms with Crippen LogP contribution in [-0.4, -0.2) is 18.6 Å². The van der Waals surface area contributed by atoms with Crippen molar-refractivity contribution in [3.63, 3.8) is 0 Å². The lowest BCUT2D eigenvalue weighted by molar-refractivity contribution is -0.144.